The van der Waals surface area contributed by atoms with Crippen LogP contribution in [0.15, 0.2) is 41.1 Å². The van der Waals surface area contributed by atoms with Crippen LogP contribution in [0.2, 0.25) is 0 Å². The van der Waals surface area contributed by atoms with Crippen molar-refractivity contribution in [2.75, 3.05) is 5.32 Å². The monoisotopic (exact) mass is 240 g/mol. The molecule has 0 saturated carbocycles. The highest BCUT2D eigenvalue weighted by molar-refractivity contribution is 5.90. The summed E-state index contributed by atoms with van der Waals surface area (Å²) in [6, 6.07) is 9.92. The number of hydrogen-bond acceptors (Lipinski definition) is 5. The van der Waals surface area contributed by atoms with Crippen LogP contribution in [0.1, 0.15) is 11.7 Å². The predicted octanol–water partition coefficient (Wildman–Crippen LogP) is 2.54. The lowest BCUT2D eigenvalue weighted by Crippen LogP contribution is -2.00. The maximum Gasteiger partial charge on any atom is 0.245 e. The third-order valence-electron chi connectivity index (χ3n) is 2.65. The molecule has 90 valence electrons. The second kappa shape index (κ2) is 4.44. The minimum absolute atomic E-state index is 0.509. The van der Waals surface area contributed by atoms with Gasteiger partial charge in [-0.3, -0.25) is 4.98 Å². The van der Waals surface area contributed by atoms with Gasteiger partial charge in [-0.15, -0.1) is 0 Å². The molecule has 0 spiro atoms. The predicted molar refractivity (Wildman–Crippen MR) is 68.1 cm³/mol. The first-order valence-electron chi connectivity index (χ1n) is 5.70. The molecule has 0 unspecified atom stereocenters. The van der Waals surface area contributed by atoms with E-state index in [2.05, 4.69) is 20.4 Å². The normalized spacial score (nSPS) is 10.7. The van der Waals surface area contributed by atoms with Crippen LogP contribution in [0.5, 0.6) is 0 Å². The second-order valence-corrected chi connectivity index (χ2v) is 3.96. The van der Waals surface area contributed by atoms with Gasteiger partial charge in [0.1, 0.15) is 0 Å². The molecule has 3 rings (SSSR count). The molecule has 0 radical (unpaired) electrons. The SMILES string of the molecule is Cc1noc(CNc2ccnc3ccccc23)n1. The smallest absolute Gasteiger partial charge is 0.245 e. The van der Waals surface area contributed by atoms with E-state index in [1.807, 2.05) is 30.3 Å². The first-order valence-corrected chi connectivity index (χ1v) is 5.70. The van der Waals surface area contributed by atoms with Crippen molar-refractivity contribution in [1.82, 2.24) is 15.1 Å². The number of fused-ring (bicyclic) bond motifs is 1. The summed E-state index contributed by atoms with van der Waals surface area (Å²) in [5.74, 6) is 1.22. The average Bonchev–Trinajstić information content (AvgIpc) is 2.82. The summed E-state index contributed by atoms with van der Waals surface area (Å²) >= 11 is 0. The Kier molecular flexibility index (Phi) is 2.64. The summed E-state index contributed by atoms with van der Waals surface area (Å²) in [6.45, 7) is 2.31. The molecule has 2 aromatic heterocycles. The first kappa shape index (κ1) is 10.7. The fraction of sp³-hybridized carbons (Fsp3) is 0.154. The van der Waals surface area contributed by atoms with E-state index in [1.165, 1.54) is 0 Å². The average molecular weight is 240 g/mol. The van der Waals surface area contributed by atoms with Crippen molar-refractivity contribution in [3.05, 3.63) is 48.2 Å². The summed E-state index contributed by atoms with van der Waals surface area (Å²) in [5.41, 5.74) is 1.97. The lowest BCUT2D eigenvalue weighted by atomic mass is 10.2. The standard InChI is InChI=1S/C13H12N4O/c1-9-16-13(18-17-9)8-15-12-6-7-14-11-5-3-2-4-10(11)12/h2-7H,8H2,1H3,(H,14,15). The van der Waals surface area contributed by atoms with Gasteiger partial charge in [0.2, 0.25) is 5.89 Å². The molecule has 0 aliphatic heterocycles. The molecule has 5 nitrogen and oxygen atoms in total. The Hall–Kier alpha value is -2.43. The van der Waals surface area contributed by atoms with Gasteiger partial charge < -0.3 is 9.84 Å². The molecule has 0 aliphatic rings. The van der Waals surface area contributed by atoms with Gasteiger partial charge in [-0.05, 0) is 19.1 Å². The molecule has 1 N–H and O–H groups in total. The number of nitrogens with one attached hydrogen (secondary N) is 1. The van der Waals surface area contributed by atoms with Crippen LogP contribution in [0.25, 0.3) is 10.9 Å². The zero-order valence-electron chi connectivity index (χ0n) is 9.92. The zero-order valence-corrected chi connectivity index (χ0v) is 9.92. The number of rotatable bonds is 3. The number of benzene rings is 1. The van der Waals surface area contributed by atoms with Gasteiger partial charge in [-0.1, -0.05) is 23.4 Å². The van der Waals surface area contributed by atoms with Gasteiger partial charge in [-0.2, -0.15) is 4.98 Å². The molecule has 3 aromatic rings. The molecule has 0 saturated heterocycles. The molecule has 2 heterocycles. The van der Waals surface area contributed by atoms with Gasteiger partial charge >= 0.3 is 0 Å². The third kappa shape index (κ3) is 2.02. The largest absolute Gasteiger partial charge is 0.376 e. The topological polar surface area (TPSA) is 63.8 Å². The number of aryl methyl sites for hydroxylation is 1. The van der Waals surface area contributed by atoms with E-state index in [0.717, 1.165) is 16.6 Å². The van der Waals surface area contributed by atoms with Gasteiger partial charge in [0.15, 0.2) is 5.82 Å². The Balaban J connectivity index is 1.86. The highest BCUT2D eigenvalue weighted by Crippen LogP contribution is 2.21. The number of hydrogen-bond donors (Lipinski definition) is 1. The molecule has 18 heavy (non-hydrogen) atoms. The molecule has 0 aliphatic carbocycles. The summed E-state index contributed by atoms with van der Waals surface area (Å²) in [5, 5.41) is 8.11. The van der Waals surface area contributed by atoms with Crippen LogP contribution < -0.4 is 5.32 Å². The van der Waals surface area contributed by atoms with E-state index in [0.29, 0.717) is 18.3 Å². The quantitative estimate of drug-likeness (QED) is 0.762. The molecule has 1 aromatic carbocycles. The molecule has 5 heteroatoms. The third-order valence-corrected chi connectivity index (χ3v) is 2.65. The summed E-state index contributed by atoms with van der Waals surface area (Å²) < 4.78 is 5.06. The van der Waals surface area contributed by atoms with E-state index in [9.17, 15) is 0 Å². The van der Waals surface area contributed by atoms with E-state index in [1.54, 1.807) is 13.1 Å². The maximum atomic E-state index is 5.06. The Morgan fingerprint density at radius 2 is 2.11 bits per heavy atom. The summed E-state index contributed by atoms with van der Waals surface area (Å²) in [4.78, 5) is 8.46. The van der Waals surface area contributed by atoms with E-state index in [4.69, 9.17) is 4.52 Å². The highest BCUT2D eigenvalue weighted by atomic mass is 16.5. The van der Waals surface area contributed by atoms with Crippen molar-refractivity contribution in [3.8, 4) is 0 Å². The van der Waals surface area contributed by atoms with Gasteiger partial charge in [-0.25, -0.2) is 0 Å². The van der Waals surface area contributed by atoms with Crippen molar-refractivity contribution in [1.29, 1.82) is 0 Å². The van der Waals surface area contributed by atoms with Gasteiger partial charge in [0, 0.05) is 17.3 Å². The minimum Gasteiger partial charge on any atom is -0.376 e. The lowest BCUT2D eigenvalue weighted by molar-refractivity contribution is 0.379. The molecule has 0 amide bonds. The fourth-order valence-corrected chi connectivity index (χ4v) is 1.83. The Morgan fingerprint density at radius 3 is 2.94 bits per heavy atom. The van der Waals surface area contributed by atoms with Gasteiger partial charge in [0.25, 0.3) is 0 Å². The van der Waals surface area contributed by atoms with Crippen LogP contribution in [-0.2, 0) is 6.54 Å². The maximum absolute atomic E-state index is 5.06. The van der Waals surface area contributed by atoms with Crippen molar-refractivity contribution < 1.29 is 4.52 Å². The van der Waals surface area contributed by atoms with Crippen molar-refractivity contribution in [2.45, 2.75) is 13.5 Å². The van der Waals surface area contributed by atoms with Gasteiger partial charge in [0.05, 0.1) is 12.1 Å². The second-order valence-electron chi connectivity index (χ2n) is 3.96. The number of aromatic nitrogens is 3. The van der Waals surface area contributed by atoms with Crippen LogP contribution in [0.4, 0.5) is 5.69 Å². The number of anilines is 1. The number of pyridine rings is 1. The molecular formula is C13H12N4O. The van der Waals surface area contributed by atoms with E-state index >= 15 is 0 Å². The molecular weight excluding hydrogens is 228 g/mol. The molecule has 0 fully saturated rings. The zero-order chi connectivity index (χ0) is 12.4. The lowest BCUT2D eigenvalue weighted by Gasteiger charge is -2.06. The van der Waals surface area contributed by atoms with E-state index in [-0.39, 0.29) is 0 Å². The van der Waals surface area contributed by atoms with Crippen molar-refractivity contribution in [2.24, 2.45) is 0 Å². The minimum atomic E-state index is 0.509. The van der Waals surface area contributed by atoms with Crippen molar-refractivity contribution in [3.63, 3.8) is 0 Å². The molecule has 0 bridgehead atoms. The Morgan fingerprint density at radius 1 is 1.22 bits per heavy atom. The van der Waals surface area contributed by atoms with Crippen molar-refractivity contribution >= 4 is 16.6 Å². The fourth-order valence-electron chi connectivity index (χ4n) is 1.83. The van der Waals surface area contributed by atoms with Crippen LogP contribution in [0, 0.1) is 6.92 Å². The summed E-state index contributed by atoms with van der Waals surface area (Å²) in [6.07, 6.45) is 1.78. The van der Waals surface area contributed by atoms with Crippen LogP contribution in [-0.4, -0.2) is 15.1 Å². The number of para-hydroxylation sites is 1. The van der Waals surface area contributed by atoms with Crippen LogP contribution in [0.3, 0.4) is 0 Å². The summed E-state index contributed by atoms with van der Waals surface area (Å²) in [7, 11) is 0. The molecule has 0 atom stereocenters. The number of nitrogens with zero attached hydrogens (tertiary/aromatic N) is 3. The van der Waals surface area contributed by atoms with Crippen LogP contribution >= 0.6 is 0 Å². The highest BCUT2D eigenvalue weighted by Gasteiger charge is 2.04. The Labute approximate surface area is 104 Å². The first-order chi connectivity index (χ1) is 8.83. The Bertz CT molecular complexity index is 672. The van der Waals surface area contributed by atoms with E-state index < -0.39 is 0 Å².